The Morgan fingerprint density at radius 1 is 0.512 bits per heavy atom. The van der Waals surface area contributed by atoms with Gasteiger partial charge in [-0.15, -0.1) is 0 Å². The summed E-state index contributed by atoms with van der Waals surface area (Å²) >= 11 is 0. The van der Waals surface area contributed by atoms with Gasteiger partial charge in [0.25, 0.3) is 0 Å². The zero-order valence-electron chi connectivity index (χ0n) is 18.7. The Bertz CT molecular complexity index is 1190. The Morgan fingerprint density at radius 2 is 0.732 bits per heavy atom. The molecular formula is C8H19F2NO24P6. The Morgan fingerprint density at radius 3 is 0.951 bits per heavy atom. The van der Waals surface area contributed by atoms with Crippen LogP contribution in [0.15, 0.2) is 0 Å². The molecule has 0 saturated heterocycles. The lowest BCUT2D eigenvalue weighted by molar-refractivity contribution is -0.177. The van der Waals surface area contributed by atoms with Gasteiger partial charge in [0.15, 0.2) is 0 Å². The van der Waals surface area contributed by atoms with Gasteiger partial charge < -0.3 is 64.0 Å². The fourth-order valence-corrected chi connectivity index (χ4v) is 6.23. The second-order valence-corrected chi connectivity index (χ2v) is 15.0. The van der Waals surface area contributed by atoms with E-state index >= 15 is 0 Å². The maximum absolute atomic E-state index is 14.0. The smallest absolute Gasteiger partial charge is 0.342 e. The van der Waals surface area contributed by atoms with Crippen molar-refractivity contribution in [3.05, 3.63) is 0 Å². The Hall–Kier alpha value is 0.0300. The van der Waals surface area contributed by atoms with E-state index in [1.54, 1.807) is 0 Å². The molecular weight excluding hydrogens is 718 g/mol. The van der Waals surface area contributed by atoms with Crippen LogP contribution in [0.3, 0.4) is 0 Å². The van der Waals surface area contributed by atoms with E-state index in [1.807, 2.05) is 0 Å². The average molecular weight is 737 g/mol. The molecule has 0 aliphatic heterocycles. The predicted octanol–water partition coefficient (Wildman–Crippen LogP) is -3.36. The van der Waals surface area contributed by atoms with E-state index in [2.05, 4.69) is 22.6 Å². The van der Waals surface area contributed by atoms with Crippen LogP contribution in [-0.2, 0) is 54.8 Å². The summed E-state index contributed by atoms with van der Waals surface area (Å²) in [6, 6.07) is -3.33. The fourth-order valence-electron chi connectivity index (χ4n) is 3.10. The molecule has 0 bridgehead atoms. The fraction of sp³-hybridized carbons (Fsp3) is 0.875. The summed E-state index contributed by atoms with van der Waals surface area (Å²) in [6.45, 7) is 0. The monoisotopic (exact) mass is 737 g/mol. The number of hydrogen-bond acceptors (Lipinski definition) is 12. The highest BCUT2D eigenvalue weighted by Gasteiger charge is 2.64. The van der Waals surface area contributed by atoms with Crippen LogP contribution in [0.25, 0.3) is 0 Å². The van der Waals surface area contributed by atoms with E-state index in [1.165, 1.54) is 0 Å². The molecule has 1 aliphatic rings. The van der Waals surface area contributed by atoms with Gasteiger partial charge in [0.05, 0.1) is 6.04 Å². The number of rotatable bonds is 13. The van der Waals surface area contributed by atoms with Gasteiger partial charge >= 0.3 is 58.3 Å². The van der Waals surface area contributed by atoms with Gasteiger partial charge in [-0.2, -0.15) is 8.78 Å². The summed E-state index contributed by atoms with van der Waals surface area (Å²) < 4.78 is 117. The maximum Gasteiger partial charge on any atom is 0.470 e. The lowest BCUT2D eigenvalue weighted by Gasteiger charge is -2.49. The lowest BCUT2D eigenvalue weighted by atomic mass is 9.83. The number of hydrogen-bond donors (Lipinski definition) is 13. The second-order valence-electron chi connectivity index (χ2n) is 7.39. The van der Waals surface area contributed by atoms with Gasteiger partial charge in [-0.25, -0.2) is 22.8 Å². The van der Waals surface area contributed by atoms with E-state index in [-0.39, 0.29) is 0 Å². The molecule has 0 heterocycles. The van der Waals surface area contributed by atoms with Crippen molar-refractivity contribution in [1.82, 2.24) is 5.32 Å². The Balaban J connectivity index is 4.16. The highest BCUT2D eigenvalue weighted by molar-refractivity contribution is 7.54. The number of carbonyl (C=O) groups excluding carboxylic acids is 1. The number of phosphoric ester groups is 5. The SMILES string of the molecule is O=C(NC1[C@@H](OP(=O)(O)O)[C@H](OP(=O)(O)O)C(OP(=O)(O)O)[C@H](OP(=O)(O)O)[C@H]1OP(=O)(O)O)C(F)(F)P(=O)(O)O. The molecule has 1 aliphatic carbocycles. The summed E-state index contributed by atoms with van der Waals surface area (Å²) in [5, 5.41) is 0.793. The average Bonchev–Trinajstić information content (AvgIpc) is 2.64. The van der Waals surface area contributed by atoms with Crippen molar-refractivity contribution >= 4 is 52.6 Å². The minimum atomic E-state index is -6.82. The van der Waals surface area contributed by atoms with Crippen LogP contribution in [0.1, 0.15) is 0 Å². The normalized spacial score (nSPS) is 27.5. The van der Waals surface area contributed by atoms with E-state index in [4.69, 9.17) is 9.79 Å². The molecule has 0 aromatic rings. The second kappa shape index (κ2) is 12.8. The number of alkyl halides is 2. The summed E-state index contributed by atoms with van der Waals surface area (Å²) in [7, 11) is -37.8. The molecule has 0 radical (unpaired) electrons. The predicted molar refractivity (Wildman–Crippen MR) is 114 cm³/mol. The molecule has 1 amide bonds. The lowest BCUT2D eigenvalue weighted by Crippen LogP contribution is -2.71. The molecule has 1 fully saturated rings. The topological polar surface area (TPSA) is 420 Å². The zero-order chi connectivity index (χ0) is 32.8. The summed E-state index contributed by atoms with van der Waals surface area (Å²) in [5.41, 5.74) is -5.83. The molecule has 33 heteroatoms. The number of phosphoric acid groups is 5. The number of carbonyl (C=O) groups is 1. The van der Waals surface area contributed by atoms with Crippen LogP contribution < -0.4 is 5.32 Å². The van der Waals surface area contributed by atoms with Crippen LogP contribution in [0, 0.1) is 0 Å². The molecule has 13 N–H and O–H groups in total. The third-order valence-electron chi connectivity index (χ3n) is 4.24. The van der Waals surface area contributed by atoms with E-state index in [0.29, 0.717) is 0 Å². The van der Waals surface area contributed by atoms with Gasteiger partial charge in [0.2, 0.25) is 0 Å². The standard InChI is InChI=1S/C8H19F2NO24P6/c9-8(10,36(13,14)15)7(12)11-1-2(31-37(16,17)18)4(33-39(22,23)24)6(35-41(28,29)30)5(34-40(25,26)27)3(1)32-38(19,20)21/h1-6H,(H,11,12)(H2,13,14,15)(H2,16,17,18)(H2,19,20,21)(H2,22,23,24)(H2,25,26,27)(H2,28,29,30)/t1?,2-,3+,4+,5-,6?. The molecule has 0 aromatic carbocycles. The first-order valence-corrected chi connectivity index (χ1v) is 18.4. The number of halogens is 2. The van der Waals surface area contributed by atoms with Crippen molar-refractivity contribution in [2.75, 3.05) is 0 Å². The van der Waals surface area contributed by atoms with Crippen LogP contribution in [0.4, 0.5) is 8.78 Å². The molecule has 41 heavy (non-hydrogen) atoms. The zero-order valence-corrected chi connectivity index (χ0v) is 24.0. The van der Waals surface area contributed by atoms with Crippen LogP contribution in [0.5, 0.6) is 0 Å². The van der Waals surface area contributed by atoms with Crippen LogP contribution >= 0.6 is 46.7 Å². The van der Waals surface area contributed by atoms with Gasteiger partial charge in [-0.05, 0) is 0 Å². The van der Waals surface area contributed by atoms with Crippen molar-refractivity contribution in [3.63, 3.8) is 0 Å². The van der Waals surface area contributed by atoms with E-state index in [0.717, 1.165) is 5.32 Å². The molecule has 244 valence electrons. The van der Waals surface area contributed by atoms with E-state index in [9.17, 15) is 89.9 Å². The Kier molecular flexibility index (Phi) is 12.2. The number of amides is 1. The van der Waals surface area contributed by atoms with Crippen molar-refractivity contribution in [2.45, 2.75) is 42.2 Å². The maximum atomic E-state index is 14.0. The van der Waals surface area contributed by atoms with Crippen molar-refractivity contribution in [3.8, 4) is 0 Å². The molecule has 25 nitrogen and oxygen atoms in total. The molecule has 0 spiro atoms. The van der Waals surface area contributed by atoms with E-state index < -0.39 is 94.8 Å². The summed E-state index contributed by atoms with van der Waals surface area (Å²) in [6.07, 6.45) is -16.8. The first kappa shape index (κ1) is 39.1. The highest BCUT2D eigenvalue weighted by Crippen LogP contribution is 2.56. The minimum Gasteiger partial charge on any atom is -0.342 e. The third kappa shape index (κ3) is 12.5. The molecule has 1 rings (SSSR count). The van der Waals surface area contributed by atoms with Crippen LogP contribution in [0.2, 0.25) is 0 Å². The van der Waals surface area contributed by atoms with Crippen molar-refractivity contribution in [2.24, 2.45) is 0 Å². The Labute approximate surface area is 223 Å². The van der Waals surface area contributed by atoms with Crippen molar-refractivity contribution in [1.29, 1.82) is 0 Å². The first-order valence-electron chi connectivity index (χ1n) is 9.18. The summed E-state index contributed by atoms with van der Waals surface area (Å²) in [5.74, 6) is -3.21. The number of nitrogens with one attached hydrogen (secondary N) is 1. The largest absolute Gasteiger partial charge is 0.470 e. The van der Waals surface area contributed by atoms with Gasteiger partial charge in [-0.3, -0.25) is 32.0 Å². The van der Waals surface area contributed by atoms with Crippen LogP contribution in [-0.4, -0.2) is 107 Å². The molecule has 6 atom stereocenters. The summed E-state index contributed by atoms with van der Waals surface area (Å²) in [4.78, 5) is 122. The minimum absolute atomic E-state index is 0.793. The van der Waals surface area contributed by atoms with Crippen molar-refractivity contribution < 1.29 is 122 Å². The highest BCUT2D eigenvalue weighted by atomic mass is 31.2. The molecule has 1 saturated carbocycles. The van der Waals surface area contributed by atoms with Gasteiger partial charge in [0, 0.05) is 0 Å². The molecule has 0 aromatic heterocycles. The van der Waals surface area contributed by atoms with Gasteiger partial charge in [-0.1, -0.05) is 0 Å². The first-order chi connectivity index (χ1) is 17.7. The molecule has 2 unspecified atom stereocenters. The van der Waals surface area contributed by atoms with Gasteiger partial charge in [0.1, 0.15) is 30.5 Å². The quantitative estimate of drug-likeness (QED) is 0.0821. The third-order valence-corrected chi connectivity index (χ3v) is 7.76.